The summed E-state index contributed by atoms with van der Waals surface area (Å²) in [5.74, 6) is 0. The molecule has 0 aromatic carbocycles. The van der Waals surface area contributed by atoms with E-state index in [1.807, 2.05) is 0 Å². The summed E-state index contributed by atoms with van der Waals surface area (Å²) in [6.07, 6.45) is -3.95. The minimum Gasteiger partial charge on any atom is -0.301 e. The highest BCUT2D eigenvalue weighted by Gasteiger charge is 2.36. The summed E-state index contributed by atoms with van der Waals surface area (Å²) >= 11 is 4.50. The van der Waals surface area contributed by atoms with Crippen LogP contribution in [-0.4, -0.2) is 23.2 Å². The molecule has 1 rings (SSSR count). The lowest BCUT2D eigenvalue weighted by Crippen LogP contribution is -2.18. The highest BCUT2D eigenvalue weighted by Crippen LogP contribution is 2.32. The predicted octanol–water partition coefficient (Wildman–Crippen LogP) is 3.18. The third-order valence-electron chi connectivity index (χ3n) is 2.09. The van der Waals surface area contributed by atoms with Crippen molar-refractivity contribution in [1.82, 2.24) is 9.78 Å². The van der Waals surface area contributed by atoms with Gasteiger partial charge in [0.25, 0.3) is 0 Å². The van der Waals surface area contributed by atoms with E-state index < -0.39 is 17.3 Å². The Morgan fingerprint density at radius 2 is 1.89 bits per heavy atom. The number of halogens is 4. The molecule has 0 amide bonds. The normalized spacial score (nSPS) is 11.8. The van der Waals surface area contributed by atoms with Gasteiger partial charge in [0.15, 0.2) is 5.69 Å². The Hall–Kier alpha value is -1.08. The van der Waals surface area contributed by atoms with Crippen LogP contribution in [0.25, 0.3) is 0 Å². The van der Waals surface area contributed by atoms with E-state index in [2.05, 4.69) is 21.3 Å². The Kier molecular flexibility index (Phi) is 6.51. The molecule has 1 aromatic rings. The molecule has 1 heterocycles. The van der Waals surface area contributed by atoms with Gasteiger partial charge in [0, 0.05) is 11.1 Å². The lowest BCUT2D eigenvalue weighted by molar-refractivity contribution is -0.141. The lowest BCUT2D eigenvalue weighted by atomic mass is 9.92. The SMILES string of the molecule is CC(C)(C)c1cc(C(F)(F)F)nn1CC=O.COCl. The summed E-state index contributed by atoms with van der Waals surface area (Å²) in [4.78, 5) is 10.4. The molecule has 110 valence electrons. The van der Waals surface area contributed by atoms with E-state index in [0.717, 1.165) is 10.7 Å². The van der Waals surface area contributed by atoms with Gasteiger partial charge in [-0.2, -0.15) is 18.3 Å². The molecule has 0 N–H and O–H groups in total. The molecule has 0 saturated carbocycles. The quantitative estimate of drug-likeness (QED) is 0.788. The Morgan fingerprint density at radius 3 is 2.21 bits per heavy atom. The van der Waals surface area contributed by atoms with Crippen LogP contribution in [0.1, 0.15) is 32.2 Å². The summed E-state index contributed by atoms with van der Waals surface area (Å²) < 4.78 is 42.2. The number of nitrogens with zero attached hydrogens (tertiary/aromatic N) is 2. The van der Waals surface area contributed by atoms with E-state index in [9.17, 15) is 18.0 Å². The van der Waals surface area contributed by atoms with Gasteiger partial charge in [0.05, 0.1) is 25.5 Å². The van der Waals surface area contributed by atoms with Crippen LogP contribution in [0.3, 0.4) is 0 Å². The number of hydrogen-bond donors (Lipinski definition) is 0. The van der Waals surface area contributed by atoms with Crippen LogP contribution in [-0.2, 0) is 27.2 Å². The van der Waals surface area contributed by atoms with Crippen molar-refractivity contribution in [2.45, 2.75) is 38.9 Å². The molecule has 0 aliphatic heterocycles. The molecule has 0 unspecified atom stereocenters. The van der Waals surface area contributed by atoms with Gasteiger partial charge in [-0.3, -0.25) is 8.97 Å². The van der Waals surface area contributed by atoms with Crippen LogP contribution in [0.4, 0.5) is 13.2 Å². The van der Waals surface area contributed by atoms with Crippen molar-refractivity contribution in [3.8, 4) is 0 Å². The van der Waals surface area contributed by atoms with Crippen LogP contribution in [0.15, 0.2) is 6.07 Å². The number of aromatic nitrogens is 2. The smallest absolute Gasteiger partial charge is 0.301 e. The second-order valence-corrected chi connectivity index (χ2v) is 4.97. The molecule has 0 aliphatic rings. The standard InChI is InChI=1S/C10H13F3N2O.CH3ClO/c1-9(2,3)8-6-7(10(11,12)13)14-15(8)4-5-16;1-3-2/h5-6H,4H2,1-3H3;1H3. The molecular weight excluding hydrogens is 285 g/mol. The fourth-order valence-electron chi connectivity index (χ4n) is 1.37. The molecule has 0 atom stereocenters. The second-order valence-electron chi connectivity index (χ2n) is 4.67. The molecule has 0 bridgehead atoms. The van der Waals surface area contributed by atoms with Gasteiger partial charge in [-0.1, -0.05) is 20.8 Å². The number of rotatable bonds is 2. The van der Waals surface area contributed by atoms with Gasteiger partial charge in [0.1, 0.15) is 6.29 Å². The van der Waals surface area contributed by atoms with Gasteiger partial charge in [-0.15, -0.1) is 0 Å². The van der Waals surface area contributed by atoms with Crippen LogP contribution in [0.2, 0.25) is 0 Å². The zero-order chi connectivity index (χ0) is 15.3. The van der Waals surface area contributed by atoms with Gasteiger partial charge in [-0.05, 0) is 6.07 Å². The van der Waals surface area contributed by atoms with E-state index in [4.69, 9.17) is 0 Å². The molecule has 0 fully saturated rings. The van der Waals surface area contributed by atoms with Crippen LogP contribution >= 0.6 is 11.9 Å². The summed E-state index contributed by atoms with van der Waals surface area (Å²) in [5.41, 5.74) is -1.05. The number of carbonyl (C=O) groups excluding carboxylic acids is 1. The van der Waals surface area contributed by atoms with Crippen molar-refractivity contribution in [2.75, 3.05) is 7.11 Å². The van der Waals surface area contributed by atoms with Gasteiger partial charge < -0.3 is 4.79 Å². The first-order chi connectivity index (χ1) is 8.57. The van der Waals surface area contributed by atoms with Crippen molar-refractivity contribution in [1.29, 1.82) is 0 Å². The summed E-state index contributed by atoms with van der Waals surface area (Å²) in [5, 5.41) is 3.40. The molecule has 0 radical (unpaired) electrons. The molecule has 0 aliphatic carbocycles. The van der Waals surface area contributed by atoms with E-state index in [1.165, 1.54) is 7.11 Å². The van der Waals surface area contributed by atoms with Gasteiger partial charge >= 0.3 is 6.18 Å². The number of hydrogen-bond acceptors (Lipinski definition) is 3. The van der Waals surface area contributed by atoms with Crippen LogP contribution in [0.5, 0.6) is 0 Å². The summed E-state index contributed by atoms with van der Waals surface area (Å²) in [6, 6.07) is 0.990. The van der Waals surface area contributed by atoms with Crippen molar-refractivity contribution in [2.24, 2.45) is 0 Å². The lowest BCUT2D eigenvalue weighted by Gasteiger charge is -2.18. The highest BCUT2D eigenvalue weighted by molar-refractivity contribution is 6.07. The molecule has 0 saturated heterocycles. The third kappa shape index (κ3) is 5.61. The largest absolute Gasteiger partial charge is 0.435 e. The average molecular weight is 301 g/mol. The zero-order valence-corrected chi connectivity index (χ0v) is 11.8. The highest BCUT2D eigenvalue weighted by atomic mass is 35.5. The molecule has 19 heavy (non-hydrogen) atoms. The Morgan fingerprint density at radius 1 is 1.42 bits per heavy atom. The zero-order valence-electron chi connectivity index (χ0n) is 11.1. The second kappa shape index (κ2) is 6.91. The fraction of sp³-hybridized carbons (Fsp3) is 0.636. The maximum absolute atomic E-state index is 12.4. The minimum atomic E-state index is -4.48. The topological polar surface area (TPSA) is 44.1 Å². The van der Waals surface area contributed by atoms with E-state index in [-0.39, 0.29) is 6.54 Å². The molecule has 8 heteroatoms. The van der Waals surface area contributed by atoms with Crippen LogP contribution in [0, 0.1) is 0 Å². The maximum atomic E-state index is 12.4. The molecular formula is C11H16ClF3N2O2. The van der Waals surface area contributed by atoms with Crippen molar-refractivity contribution < 1.29 is 22.3 Å². The fourth-order valence-corrected chi connectivity index (χ4v) is 1.37. The van der Waals surface area contributed by atoms with Gasteiger partial charge in [0.2, 0.25) is 0 Å². The number of alkyl halides is 3. The average Bonchev–Trinajstić information content (AvgIpc) is 2.62. The molecule has 4 nitrogen and oxygen atoms in total. The van der Waals surface area contributed by atoms with Crippen molar-refractivity contribution in [3.05, 3.63) is 17.5 Å². The Balaban J connectivity index is 0.000000982. The Labute approximate surface area is 114 Å². The van der Waals surface area contributed by atoms with E-state index in [0.29, 0.717) is 12.0 Å². The van der Waals surface area contributed by atoms with E-state index >= 15 is 0 Å². The predicted molar refractivity (Wildman–Crippen MR) is 64.9 cm³/mol. The third-order valence-corrected chi connectivity index (χ3v) is 2.09. The summed E-state index contributed by atoms with van der Waals surface area (Å²) in [7, 11) is 1.39. The first kappa shape index (κ1) is 17.9. The maximum Gasteiger partial charge on any atom is 0.435 e. The molecule has 0 spiro atoms. The van der Waals surface area contributed by atoms with Gasteiger partial charge in [-0.25, -0.2) is 0 Å². The minimum absolute atomic E-state index is 0.164. The first-order valence-corrected chi connectivity index (χ1v) is 5.62. The molecule has 1 aromatic heterocycles. The van der Waals surface area contributed by atoms with Crippen LogP contribution < -0.4 is 0 Å². The monoisotopic (exact) mass is 300 g/mol. The summed E-state index contributed by atoms with van der Waals surface area (Å²) in [6.45, 7) is 5.14. The number of carbonyl (C=O) groups is 1. The number of aldehydes is 1. The Bertz CT molecular complexity index is 411. The van der Waals surface area contributed by atoms with Crippen molar-refractivity contribution >= 4 is 18.2 Å². The van der Waals surface area contributed by atoms with Crippen molar-refractivity contribution in [3.63, 3.8) is 0 Å². The van der Waals surface area contributed by atoms with E-state index in [1.54, 1.807) is 20.8 Å². The first-order valence-electron chi connectivity index (χ1n) is 5.31.